The molecule has 1 N–H and O–H groups in total. The molecular formula is C25H20Cl3N3O5S. The molecule has 192 valence electrons. The van der Waals surface area contributed by atoms with E-state index in [9.17, 15) is 20.2 Å². The van der Waals surface area contributed by atoms with Crippen molar-refractivity contribution in [2.24, 2.45) is 5.92 Å². The van der Waals surface area contributed by atoms with E-state index in [4.69, 9.17) is 39.5 Å². The maximum Gasteiger partial charge on any atom is 0.282 e. The van der Waals surface area contributed by atoms with Crippen molar-refractivity contribution in [3.05, 3.63) is 96.0 Å². The maximum atomic E-state index is 11.7. The molecule has 1 saturated carbocycles. The molecule has 0 bridgehead atoms. The van der Waals surface area contributed by atoms with Gasteiger partial charge < -0.3 is 10.1 Å². The van der Waals surface area contributed by atoms with E-state index >= 15 is 0 Å². The number of hydrogen-bond donors (Lipinski definition) is 1. The molecule has 1 heterocycles. The van der Waals surface area contributed by atoms with E-state index in [1.807, 2.05) is 12.1 Å². The number of hydrogen-bond acceptors (Lipinski definition) is 7. The average molecular weight is 581 g/mol. The van der Waals surface area contributed by atoms with Crippen LogP contribution in [-0.2, 0) is 0 Å². The first-order valence-corrected chi connectivity index (χ1v) is 13.4. The topological polar surface area (TPSA) is 108 Å². The Hall–Kier alpha value is -2.72. The molecular weight excluding hydrogens is 561 g/mol. The third-order valence-electron chi connectivity index (χ3n) is 6.96. The number of para-hydroxylation sites is 1. The lowest BCUT2D eigenvalue weighted by atomic mass is 9.77. The highest BCUT2D eigenvalue weighted by Gasteiger charge is 2.52. The third kappa shape index (κ3) is 4.58. The van der Waals surface area contributed by atoms with Crippen LogP contribution in [0.2, 0.25) is 10.0 Å². The Morgan fingerprint density at radius 2 is 1.78 bits per heavy atom. The Morgan fingerprint density at radius 3 is 2.49 bits per heavy atom. The van der Waals surface area contributed by atoms with Gasteiger partial charge in [0.25, 0.3) is 11.4 Å². The molecule has 8 nitrogen and oxygen atoms in total. The smallest absolute Gasteiger partial charge is 0.282 e. The van der Waals surface area contributed by atoms with Crippen LogP contribution in [0, 0.1) is 26.1 Å². The Bertz CT molecular complexity index is 1410. The molecule has 12 heteroatoms. The number of nitro benzene ring substituents is 2. The van der Waals surface area contributed by atoms with Gasteiger partial charge in [-0.2, -0.15) is 0 Å². The number of nitrogens with one attached hydrogen (secondary N) is 1. The van der Waals surface area contributed by atoms with Crippen LogP contribution in [0.25, 0.3) is 0 Å². The number of nitro groups is 2. The molecule has 1 aliphatic carbocycles. The SMILES string of the molecule is COc1cc([N+](=O)[O-])cc2c1N[C@H](c1cccc(Cl)c1Cl)[C@H]1C[C@@H](Sc3ccccc3[N+](=O)[O-])[C@@H](Cl)[C@H]21. The van der Waals surface area contributed by atoms with Crippen molar-refractivity contribution in [3.8, 4) is 5.75 Å². The molecule has 0 saturated heterocycles. The Balaban J connectivity index is 1.63. The number of halogens is 3. The molecule has 5 rings (SSSR count). The first kappa shape index (κ1) is 25.9. The summed E-state index contributed by atoms with van der Waals surface area (Å²) in [7, 11) is 1.45. The van der Waals surface area contributed by atoms with Gasteiger partial charge in [-0.1, -0.05) is 47.5 Å². The number of alkyl halides is 1. The Morgan fingerprint density at radius 1 is 1.03 bits per heavy atom. The van der Waals surface area contributed by atoms with Crippen molar-refractivity contribution in [2.45, 2.75) is 33.9 Å². The number of methoxy groups -OCH3 is 1. The van der Waals surface area contributed by atoms with Crippen LogP contribution in [0.15, 0.2) is 59.5 Å². The quantitative estimate of drug-likeness (QED) is 0.180. The maximum absolute atomic E-state index is 11.7. The van der Waals surface area contributed by atoms with Gasteiger partial charge in [-0.25, -0.2) is 0 Å². The number of thioether (sulfide) groups is 1. The van der Waals surface area contributed by atoms with Gasteiger partial charge in [0.2, 0.25) is 0 Å². The molecule has 0 unspecified atom stereocenters. The molecule has 1 aliphatic heterocycles. The fourth-order valence-electron chi connectivity index (χ4n) is 5.38. The second-order valence-electron chi connectivity index (χ2n) is 8.89. The largest absolute Gasteiger partial charge is 0.494 e. The molecule has 5 atom stereocenters. The van der Waals surface area contributed by atoms with E-state index in [1.165, 1.54) is 37.1 Å². The number of benzene rings is 3. The normalized spacial score (nSPS) is 24.1. The van der Waals surface area contributed by atoms with Crippen LogP contribution in [0.5, 0.6) is 5.75 Å². The van der Waals surface area contributed by atoms with E-state index in [0.29, 0.717) is 38.4 Å². The number of non-ortho nitro benzene ring substituents is 1. The number of fused-ring (bicyclic) bond motifs is 3. The van der Waals surface area contributed by atoms with E-state index in [2.05, 4.69) is 5.32 Å². The van der Waals surface area contributed by atoms with Gasteiger partial charge in [-0.05, 0) is 35.6 Å². The van der Waals surface area contributed by atoms with Crippen molar-refractivity contribution in [1.29, 1.82) is 0 Å². The minimum atomic E-state index is -0.483. The van der Waals surface area contributed by atoms with Gasteiger partial charge in [-0.3, -0.25) is 20.2 Å². The predicted octanol–water partition coefficient (Wildman–Crippen LogP) is 7.86. The molecule has 0 spiro atoms. The molecule has 1 fully saturated rings. The zero-order chi connectivity index (χ0) is 26.4. The average Bonchev–Trinajstić information content (AvgIpc) is 3.20. The van der Waals surface area contributed by atoms with Gasteiger partial charge in [0.1, 0.15) is 5.75 Å². The summed E-state index contributed by atoms with van der Waals surface area (Å²) < 4.78 is 5.54. The van der Waals surface area contributed by atoms with Crippen LogP contribution >= 0.6 is 46.6 Å². The first-order chi connectivity index (χ1) is 17.7. The van der Waals surface area contributed by atoms with Gasteiger partial charge >= 0.3 is 0 Å². The second kappa shape index (κ2) is 10.2. The minimum Gasteiger partial charge on any atom is -0.494 e. The Kier molecular flexibility index (Phi) is 7.15. The minimum absolute atomic E-state index is 0.0107. The van der Waals surface area contributed by atoms with Gasteiger partial charge in [0, 0.05) is 23.3 Å². The van der Waals surface area contributed by atoms with Crippen LogP contribution in [-0.4, -0.2) is 27.6 Å². The van der Waals surface area contributed by atoms with Crippen LogP contribution < -0.4 is 10.1 Å². The van der Waals surface area contributed by atoms with E-state index < -0.39 is 15.2 Å². The highest BCUT2D eigenvalue weighted by Crippen LogP contribution is 2.60. The zero-order valence-electron chi connectivity index (χ0n) is 19.3. The van der Waals surface area contributed by atoms with E-state index in [0.717, 1.165) is 5.56 Å². The zero-order valence-corrected chi connectivity index (χ0v) is 22.4. The summed E-state index contributed by atoms with van der Waals surface area (Å²) in [5, 5.41) is 26.9. The van der Waals surface area contributed by atoms with Crippen LogP contribution in [0.4, 0.5) is 17.1 Å². The molecule has 0 amide bonds. The summed E-state index contributed by atoms with van der Waals surface area (Å²) in [4.78, 5) is 23.0. The summed E-state index contributed by atoms with van der Waals surface area (Å²) in [6.07, 6.45) is 0.584. The number of ether oxygens (including phenoxy) is 1. The van der Waals surface area contributed by atoms with Crippen molar-refractivity contribution < 1.29 is 14.6 Å². The molecule has 0 aromatic heterocycles. The Labute approximate surface area is 231 Å². The summed E-state index contributed by atoms with van der Waals surface area (Å²) in [5.74, 6) is -0.116. The summed E-state index contributed by atoms with van der Waals surface area (Å²) in [5.41, 5.74) is 1.97. The summed E-state index contributed by atoms with van der Waals surface area (Å²) in [6.45, 7) is 0. The monoisotopic (exact) mass is 579 g/mol. The molecule has 3 aromatic rings. The highest BCUT2D eigenvalue weighted by atomic mass is 35.5. The number of nitrogens with zero attached hydrogens (tertiary/aromatic N) is 2. The first-order valence-electron chi connectivity index (χ1n) is 11.3. The second-order valence-corrected chi connectivity index (χ2v) is 11.5. The van der Waals surface area contributed by atoms with Gasteiger partial charge in [-0.15, -0.1) is 23.4 Å². The van der Waals surface area contributed by atoms with Crippen molar-refractivity contribution in [1.82, 2.24) is 0 Å². The summed E-state index contributed by atoms with van der Waals surface area (Å²) >= 11 is 21.5. The van der Waals surface area contributed by atoms with Gasteiger partial charge in [0.15, 0.2) is 0 Å². The molecule has 2 aliphatic rings. The van der Waals surface area contributed by atoms with E-state index in [1.54, 1.807) is 24.3 Å². The van der Waals surface area contributed by atoms with Crippen molar-refractivity contribution >= 4 is 63.6 Å². The number of anilines is 1. The molecule has 37 heavy (non-hydrogen) atoms. The lowest BCUT2D eigenvalue weighted by Crippen LogP contribution is -2.31. The van der Waals surface area contributed by atoms with Crippen LogP contribution in [0.1, 0.15) is 29.5 Å². The lowest BCUT2D eigenvalue weighted by molar-refractivity contribution is -0.387. The van der Waals surface area contributed by atoms with Crippen molar-refractivity contribution in [2.75, 3.05) is 12.4 Å². The van der Waals surface area contributed by atoms with Crippen molar-refractivity contribution in [3.63, 3.8) is 0 Å². The van der Waals surface area contributed by atoms with Crippen LogP contribution in [0.3, 0.4) is 0 Å². The lowest BCUT2D eigenvalue weighted by Gasteiger charge is -2.39. The standard InChI is InChI=1S/C25H20Cl3N3O5S/c1-36-18-10-12(30(32)33)9-14-21-15(24(29-25(14)18)13-5-4-6-16(26)22(13)27)11-20(23(21)28)37-19-8-3-2-7-17(19)31(34)35/h2-10,15,20-21,23-24,29H,11H2,1H3/t15-,20+,21+,23+,24+/m0/s1. The molecule has 0 radical (unpaired) electrons. The molecule has 3 aromatic carbocycles. The predicted molar refractivity (Wildman–Crippen MR) is 146 cm³/mol. The third-order valence-corrected chi connectivity index (χ3v) is 9.90. The summed E-state index contributed by atoms with van der Waals surface area (Å²) in [6, 6.07) is 14.5. The fourth-order valence-corrected chi connectivity index (χ4v) is 7.75. The van der Waals surface area contributed by atoms with E-state index in [-0.39, 0.29) is 34.5 Å². The fraction of sp³-hybridized carbons (Fsp3) is 0.280. The number of rotatable bonds is 6. The highest BCUT2D eigenvalue weighted by molar-refractivity contribution is 8.00. The van der Waals surface area contributed by atoms with Gasteiger partial charge in [0.05, 0.1) is 55.1 Å².